The minimum Gasteiger partial charge on any atom is -0.392 e. The molecule has 0 heterocycles. The van der Waals surface area contributed by atoms with Crippen molar-refractivity contribution in [2.75, 3.05) is 6.54 Å². The van der Waals surface area contributed by atoms with Crippen molar-refractivity contribution >= 4 is 0 Å². The molecule has 0 aromatic heterocycles. The van der Waals surface area contributed by atoms with Crippen LogP contribution in [0.3, 0.4) is 0 Å². The Morgan fingerprint density at radius 3 is 2.12 bits per heavy atom. The van der Waals surface area contributed by atoms with Crippen molar-refractivity contribution in [2.24, 2.45) is 5.92 Å². The lowest BCUT2D eigenvalue weighted by Crippen LogP contribution is -2.31. The number of rotatable bonds is 6. The van der Waals surface area contributed by atoms with Crippen molar-refractivity contribution in [3.8, 4) is 0 Å². The molecule has 0 aliphatic rings. The third-order valence-electron chi connectivity index (χ3n) is 3.05. The lowest BCUT2D eigenvalue weighted by molar-refractivity contribution is 0.181. The Morgan fingerprint density at radius 1 is 1.12 bits per heavy atom. The van der Waals surface area contributed by atoms with Gasteiger partial charge in [-0.05, 0) is 30.4 Å². The van der Waals surface area contributed by atoms with Gasteiger partial charge >= 0.3 is 0 Å². The zero-order valence-electron chi connectivity index (χ0n) is 11.4. The molecule has 0 saturated heterocycles. The Bertz CT molecular complexity index is 316. The summed E-state index contributed by atoms with van der Waals surface area (Å²) in [6.07, 6.45) is 0.777. The molecule has 96 valence electrons. The molecule has 1 aromatic carbocycles. The van der Waals surface area contributed by atoms with Gasteiger partial charge in [0.2, 0.25) is 0 Å². The van der Waals surface area contributed by atoms with E-state index in [9.17, 15) is 5.11 Å². The monoisotopic (exact) mass is 235 g/mol. The second-order valence-corrected chi connectivity index (χ2v) is 5.07. The Morgan fingerprint density at radius 2 is 1.71 bits per heavy atom. The van der Waals surface area contributed by atoms with E-state index >= 15 is 0 Å². The number of aryl methyl sites for hydroxylation is 1. The van der Waals surface area contributed by atoms with Crippen LogP contribution in [0.15, 0.2) is 24.3 Å². The molecule has 0 bridgehead atoms. The van der Waals surface area contributed by atoms with Crippen LogP contribution in [-0.4, -0.2) is 17.8 Å². The van der Waals surface area contributed by atoms with Crippen molar-refractivity contribution < 1.29 is 5.11 Å². The van der Waals surface area contributed by atoms with Gasteiger partial charge in [-0.3, -0.25) is 0 Å². The average molecular weight is 235 g/mol. The smallest absolute Gasteiger partial charge is 0.0636 e. The fraction of sp³-hybridized carbons (Fsp3) is 0.600. The minimum absolute atomic E-state index is 0.300. The molecule has 0 spiro atoms. The van der Waals surface area contributed by atoms with E-state index in [4.69, 9.17) is 0 Å². The normalized spacial score (nSPS) is 14.9. The number of hydrogen-bond donors (Lipinski definition) is 2. The third-order valence-corrected chi connectivity index (χ3v) is 3.05. The SMILES string of the molecule is CCc1ccc(C(NCC(C)O)C(C)C)cc1. The first-order chi connectivity index (χ1) is 8.04. The maximum absolute atomic E-state index is 9.35. The molecule has 2 unspecified atom stereocenters. The first-order valence-electron chi connectivity index (χ1n) is 6.54. The van der Waals surface area contributed by atoms with Crippen LogP contribution >= 0.6 is 0 Å². The van der Waals surface area contributed by atoms with E-state index in [0.717, 1.165) is 6.42 Å². The summed E-state index contributed by atoms with van der Waals surface area (Å²) in [5.41, 5.74) is 2.67. The number of aliphatic hydroxyl groups is 1. The van der Waals surface area contributed by atoms with E-state index in [1.54, 1.807) is 0 Å². The zero-order chi connectivity index (χ0) is 12.8. The highest BCUT2D eigenvalue weighted by atomic mass is 16.3. The molecule has 1 aromatic rings. The molecule has 2 nitrogen and oxygen atoms in total. The Labute approximate surface area is 105 Å². The van der Waals surface area contributed by atoms with Crippen LogP contribution < -0.4 is 5.32 Å². The number of hydrogen-bond acceptors (Lipinski definition) is 2. The van der Waals surface area contributed by atoms with E-state index in [2.05, 4.69) is 50.4 Å². The van der Waals surface area contributed by atoms with Gasteiger partial charge in [0.05, 0.1) is 6.10 Å². The van der Waals surface area contributed by atoms with Crippen molar-refractivity contribution in [1.29, 1.82) is 0 Å². The maximum Gasteiger partial charge on any atom is 0.0636 e. The molecule has 0 fully saturated rings. The molecular weight excluding hydrogens is 210 g/mol. The van der Waals surface area contributed by atoms with E-state index in [1.165, 1.54) is 11.1 Å². The average Bonchev–Trinajstić information content (AvgIpc) is 2.29. The molecule has 1 rings (SSSR count). The van der Waals surface area contributed by atoms with E-state index < -0.39 is 0 Å². The minimum atomic E-state index is -0.300. The number of aliphatic hydroxyl groups excluding tert-OH is 1. The van der Waals surface area contributed by atoms with Gasteiger partial charge < -0.3 is 10.4 Å². The lowest BCUT2D eigenvalue weighted by Gasteiger charge is -2.24. The number of nitrogens with one attached hydrogen (secondary N) is 1. The first-order valence-corrected chi connectivity index (χ1v) is 6.54. The second kappa shape index (κ2) is 6.77. The Balaban J connectivity index is 2.74. The second-order valence-electron chi connectivity index (χ2n) is 5.07. The Hall–Kier alpha value is -0.860. The highest BCUT2D eigenvalue weighted by molar-refractivity contribution is 5.25. The molecule has 2 N–H and O–H groups in total. The van der Waals surface area contributed by atoms with Gasteiger partial charge in [-0.2, -0.15) is 0 Å². The Kier molecular flexibility index (Phi) is 5.66. The van der Waals surface area contributed by atoms with E-state index in [0.29, 0.717) is 18.5 Å². The highest BCUT2D eigenvalue weighted by Gasteiger charge is 2.15. The summed E-state index contributed by atoms with van der Waals surface area (Å²) in [7, 11) is 0. The van der Waals surface area contributed by atoms with Crippen molar-refractivity contribution in [3.63, 3.8) is 0 Å². The molecule has 0 radical (unpaired) electrons. The summed E-state index contributed by atoms with van der Waals surface area (Å²) in [4.78, 5) is 0. The van der Waals surface area contributed by atoms with Crippen LogP contribution in [0.25, 0.3) is 0 Å². The molecule has 0 aliphatic carbocycles. The van der Waals surface area contributed by atoms with Gasteiger partial charge in [-0.15, -0.1) is 0 Å². The quantitative estimate of drug-likeness (QED) is 0.794. The van der Waals surface area contributed by atoms with E-state index in [1.807, 2.05) is 6.92 Å². The number of benzene rings is 1. The summed E-state index contributed by atoms with van der Waals surface area (Å²) < 4.78 is 0. The summed E-state index contributed by atoms with van der Waals surface area (Å²) in [5.74, 6) is 0.515. The molecule has 0 saturated carbocycles. The van der Waals surface area contributed by atoms with Crippen LogP contribution in [-0.2, 0) is 6.42 Å². The fourth-order valence-corrected chi connectivity index (χ4v) is 2.00. The van der Waals surface area contributed by atoms with Crippen LogP contribution in [0.5, 0.6) is 0 Å². The zero-order valence-corrected chi connectivity index (χ0v) is 11.4. The van der Waals surface area contributed by atoms with Crippen LogP contribution in [0.2, 0.25) is 0 Å². The highest BCUT2D eigenvalue weighted by Crippen LogP contribution is 2.22. The maximum atomic E-state index is 9.35. The standard InChI is InChI=1S/C15H25NO/c1-5-13-6-8-14(9-7-13)15(11(2)3)16-10-12(4)17/h6-9,11-12,15-17H,5,10H2,1-4H3. The van der Waals surface area contributed by atoms with Crippen LogP contribution in [0.1, 0.15) is 44.9 Å². The van der Waals surface area contributed by atoms with Crippen molar-refractivity contribution in [2.45, 2.75) is 46.3 Å². The molecule has 17 heavy (non-hydrogen) atoms. The summed E-state index contributed by atoms with van der Waals surface area (Å²) in [6, 6.07) is 9.08. The van der Waals surface area contributed by atoms with Gasteiger partial charge in [0.25, 0.3) is 0 Å². The largest absolute Gasteiger partial charge is 0.392 e. The van der Waals surface area contributed by atoms with Gasteiger partial charge in [0.15, 0.2) is 0 Å². The first kappa shape index (κ1) is 14.2. The topological polar surface area (TPSA) is 32.3 Å². The summed E-state index contributed by atoms with van der Waals surface area (Å²) in [6.45, 7) is 9.02. The molecular formula is C15H25NO. The molecule has 0 amide bonds. The van der Waals surface area contributed by atoms with Gasteiger partial charge in [-0.25, -0.2) is 0 Å². The molecule has 2 heteroatoms. The van der Waals surface area contributed by atoms with Crippen LogP contribution in [0, 0.1) is 5.92 Å². The predicted molar refractivity (Wildman–Crippen MR) is 73.1 cm³/mol. The third kappa shape index (κ3) is 4.49. The molecule has 2 atom stereocenters. The molecule has 0 aliphatic heterocycles. The lowest BCUT2D eigenvalue weighted by atomic mass is 9.95. The van der Waals surface area contributed by atoms with Crippen molar-refractivity contribution in [1.82, 2.24) is 5.32 Å². The summed E-state index contributed by atoms with van der Waals surface area (Å²) in [5, 5.41) is 12.8. The van der Waals surface area contributed by atoms with Gasteiger partial charge in [0, 0.05) is 12.6 Å². The summed E-state index contributed by atoms with van der Waals surface area (Å²) >= 11 is 0. The van der Waals surface area contributed by atoms with Crippen LogP contribution in [0.4, 0.5) is 0 Å². The van der Waals surface area contributed by atoms with E-state index in [-0.39, 0.29) is 6.10 Å². The predicted octanol–water partition coefficient (Wildman–Crippen LogP) is 2.92. The fourth-order valence-electron chi connectivity index (χ4n) is 2.00. The van der Waals surface area contributed by atoms with Gasteiger partial charge in [-0.1, -0.05) is 45.0 Å². The van der Waals surface area contributed by atoms with Gasteiger partial charge in [0.1, 0.15) is 0 Å². The van der Waals surface area contributed by atoms with Crippen molar-refractivity contribution in [3.05, 3.63) is 35.4 Å².